The zero-order valence-corrected chi connectivity index (χ0v) is 9.80. The van der Waals surface area contributed by atoms with Crippen LogP contribution in [-0.4, -0.2) is 9.97 Å². The van der Waals surface area contributed by atoms with Gasteiger partial charge in [0.05, 0.1) is 16.6 Å². The van der Waals surface area contributed by atoms with Crippen LogP contribution >= 0.6 is 0 Å². The molecule has 0 saturated heterocycles. The first-order valence-electron chi connectivity index (χ1n) is 5.85. The molecule has 0 bridgehead atoms. The minimum absolute atomic E-state index is 0.194. The highest BCUT2D eigenvalue weighted by Gasteiger charge is 2.37. The van der Waals surface area contributed by atoms with Crippen molar-refractivity contribution in [3.05, 3.63) is 29.1 Å². The summed E-state index contributed by atoms with van der Waals surface area (Å²) in [7, 11) is 0. The molecule has 3 rings (SSSR count). The Labute approximate surface area is 95.1 Å². The van der Waals surface area contributed by atoms with Crippen LogP contribution in [-0.2, 0) is 5.54 Å². The summed E-state index contributed by atoms with van der Waals surface area (Å²) in [4.78, 5) is 8.00. The molecule has 16 heavy (non-hydrogen) atoms. The Bertz CT molecular complexity index is 511. The van der Waals surface area contributed by atoms with E-state index in [-0.39, 0.29) is 5.54 Å². The lowest BCUT2D eigenvalue weighted by atomic mass is 9.77. The monoisotopic (exact) mass is 215 g/mol. The summed E-state index contributed by atoms with van der Waals surface area (Å²) in [6.07, 6.45) is 3.31. The molecule has 1 heterocycles. The highest BCUT2D eigenvalue weighted by atomic mass is 15.0. The summed E-state index contributed by atoms with van der Waals surface area (Å²) >= 11 is 0. The lowest BCUT2D eigenvalue weighted by Gasteiger charge is -2.35. The number of nitrogens with one attached hydrogen (secondary N) is 1. The number of nitrogens with zero attached hydrogens (tertiary/aromatic N) is 1. The van der Waals surface area contributed by atoms with Crippen molar-refractivity contribution < 1.29 is 0 Å². The highest BCUT2D eigenvalue weighted by molar-refractivity contribution is 5.77. The van der Waals surface area contributed by atoms with E-state index in [0.29, 0.717) is 0 Å². The smallest absolute Gasteiger partial charge is 0.127 e. The van der Waals surface area contributed by atoms with Gasteiger partial charge >= 0.3 is 0 Å². The van der Waals surface area contributed by atoms with Gasteiger partial charge in [0.15, 0.2) is 0 Å². The van der Waals surface area contributed by atoms with E-state index < -0.39 is 0 Å². The van der Waals surface area contributed by atoms with Crippen LogP contribution in [0, 0.1) is 13.8 Å². The first-order valence-corrected chi connectivity index (χ1v) is 5.85. The Balaban J connectivity index is 2.16. The SMILES string of the molecule is Cc1cc2nc(C3(N)CCC3)[nH]c2cc1C. The van der Waals surface area contributed by atoms with Gasteiger partial charge in [0.25, 0.3) is 0 Å². The predicted octanol–water partition coefficient (Wildman–Crippen LogP) is 2.52. The molecule has 3 N–H and O–H groups in total. The van der Waals surface area contributed by atoms with Crippen molar-refractivity contribution in [1.29, 1.82) is 0 Å². The molecule has 3 heteroatoms. The van der Waals surface area contributed by atoms with E-state index in [1.807, 2.05) is 0 Å². The van der Waals surface area contributed by atoms with Crippen LogP contribution in [0.25, 0.3) is 11.0 Å². The zero-order valence-electron chi connectivity index (χ0n) is 9.80. The summed E-state index contributed by atoms with van der Waals surface area (Å²) in [5.74, 6) is 0.957. The molecule has 0 atom stereocenters. The van der Waals surface area contributed by atoms with E-state index in [1.165, 1.54) is 17.5 Å². The fourth-order valence-corrected chi connectivity index (χ4v) is 2.30. The van der Waals surface area contributed by atoms with E-state index in [0.717, 1.165) is 29.7 Å². The van der Waals surface area contributed by atoms with E-state index in [1.54, 1.807) is 0 Å². The summed E-state index contributed by atoms with van der Waals surface area (Å²) in [6, 6.07) is 4.29. The van der Waals surface area contributed by atoms with Crippen LogP contribution in [0.2, 0.25) is 0 Å². The summed E-state index contributed by atoms with van der Waals surface area (Å²) in [5.41, 5.74) is 10.8. The van der Waals surface area contributed by atoms with Crippen LogP contribution < -0.4 is 5.73 Å². The van der Waals surface area contributed by atoms with Crippen LogP contribution in [0.5, 0.6) is 0 Å². The second kappa shape index (κ2) is 3.08. The molecule has 1 aliphatic rings. The zero-order chi connectivity index (χ0) is 11.3. The van der Waals surface area contributed by atoms with Gasteiger partial charge in [-0.05, 0) is 56.4 Å². The molecular formula is C13H17N3. The Morgan fingerprint density at radius 1 is 1.25 bits per heavy atom. The maximum Gasteiger partial charge on any atom is 0.127 e. The number of aryl methyl sites for hydroxylation is 2. The maximum atomic E-state index is 6.27. The number of hydrogen-bond donors (Lipinski definition) is 2. The normalized spacial score (nSPS) is 18.7. The van der Waals surface area contributed by atoms with Gasteiger partial charge in [-0.15, -0.1) is 0 Å². The molecule has 0 spiro atoms. The van der Waals surface area contributed by atoms with Gasteiger partial charge in [-0.1, -0.05) is 0 Å². The third kappa shape index (κ3) is 1.28. The third-order valence-electron chi connectivity index (χ3n) is 3.81. The molecule has 84 valence electrons. The van der Waals surface area contributed by atoms with Gasteiger partial charge in [0, 0.05) is 0 Å². The molecule has 1 fully saturated rings. The molecule has 0 amide bonds. The third-order valence-corrected chi connectivity index (χ3v) is 3.81. The quantitative estimate of drug-likeness (QED) is 0.768. The maximum absolute atomic E-state index is 6.27. The number of H-pyrrole nitrogens is 1. The minimum Gasteiger partial charge on any atom is -0.340 e. The van der Waals surface area contributed by atoms with E-state index in [9.17, 15) is 0 Å². The number of rotatable bonds is 1. The lowest BCUT2D eigenvalue weighted by molar-refractivity contribution is 0.240. The van der Waals surface area contributed by atoms with Crippen LogP contribution in [0.15, 0.2) is 12.1 Å². The lowest BCUT2D eigenvalue weighted by Crippen LogP contribution is -2.44. The van der Waals surface area contributed by atoms with Crippen molar-refractivity contribution in [1.82, 2.24) is 9.97 Å². The second-order valence-corrected chi connectivity index (χ2v) is 5.05. The number of benzene rings is 1. The average Bonchev–Trinajstić information content (AvgIpc) is 2.58. The fourth-order valence-electron chi connectivity index (χ4n) is 2.30. The molecular weight excluding hydrogens is 198 g/mol. The number of aromatic amines is 1. The highest BCUT2D eigenvalue weighted by Crippen LogP contribution is 2.37. The van der Waals surface area contributed by atoms with Crippen molar-refractivity contribution in [2.45, 2.75) is 38.6 Å². The van der Waals surface area contributed by atoms with E-state index in [4.69, 9.17) is 5.73 Å². The summed E-state index contributed by atoms with van der Waals surface area (Å²) in [5, 5.41) is 0. The molecule has 1 aliphatic carbocycles. The molecule has 0 unspecified atom stereocenters. The summed E-state index contributed by atoms with van der Waals surface area (Å²) in [6.45, 7) is 4.24. The Hall–Kier alpha value is -1.35. The van der Waals surface area contributed by atoms with Gasteiger partial charge in [0.2, 0.25) is 0 Å². The van der Waals surface area contributed by atoms with Gasteiger partial charge in [-0.2, -0.15) is 0 Å². The number of aromatic nitrogens is 2. The first kappa shape index (κ1) is 9.85. The predicted molar refractivity (Wildman–Crippen MR) is 65.3 cm³/mol. The van der Waals surface area contributed by atoms with Crippen molar-refractivity contribution in [2.24, 2.45) is 5.73 Å². The summed E-state index contributed by atoms with van der Waals surface area (Å²) < 4.78 is 0. The Kier molecular flexibility index (Phi) is 1.89. The Morgan fingerprint density at radius 3 is 2.56 bits per heavy atom. The first-order chi connectivity index (χ1) is 7.58. The van der Waals surface area contributed by atoms with Gasteiger partial charge < -0.3 is 10.7 Å². The number of nitrogens with two attached hydrogens (primary N) is 1. The molecule has 1 saturated carbocycles. The van der Waals surface area contributed by atoms with Gasteiger partial charge in [0.1, 0.15) is 5.82 Å². The topological polar surface area (TPSA) is 54.7 Å². The largest absolute Gasteiger partial charge is 0.340 e. The van der Waals surface area contributed by atoms with Crippen LogP contribution in [0.3, 0.4) is 0 Å². The molecule has 2 aromatic rings. The molecule has 0 aliphatic heterocycles. The van der Waals surface area contributed by atoms with Gasteiger partial charge in [-0.25, -0.2) is 4.98 Å². The minimum atomic E-state index is -0.194. The fraction of sp³-hybridized carbons (Fsp3) is 0.462. The average molecular weight is 215 g/mol. The number of imidazole rings is 1. The second-order valence-electron chi connectivity index (χ2n) is 5.05. The van der Waals surface area contributed by atoms with Crippen molar-refractivity contribution in [3.8, 4) is 0 Å². The van der Waals surface area contributed by atoms with Crippen LogP contribution in [0.1, 0.15) is 36.2 Å². The van der Waals surface area contributed by atoms with Crippen molar-refractivity contribution in [3.63, 3.8) is 0 Å². The number of fused-ring (bicyclic) bond motifs is 1. The number of hydrogen-bond acceptors (Lipinski definition) is 2. The Morgan fingerprint density at radius 2 is 1.94 bits per heavy atom. The van der Waals surface area contributed by atoms with E-state index in [2.05, 4.69) is 35.9 Å². The van der Waals surface area contributed by atoms with Crippen molar-refractivity contribution >= 4 is 11.0 Å². The molecule has 3 nitrogen and oxygen atoms in total. The van der Waals surface area contributed by atoms with Crippen molar-refractivity contribution in [2.75, 3.05) is 0 Å². The van der Waals surface area contributed by atoms with Gasteiger partial charge in [-0.3, -0.25) is 0 Å². The van der Waals surface area contributed by atoms with E-state index >= 15 is 0 Å². The standard InChI is InChI=1S/C13H17N3/c1-8-6-10-11(7-9(8)2)16-12(15-10)13(14)4-3-5-13/h6-7H,3-5,14H2,1-2H3,(H,15,16). The molecule has 0 radical (unpaired) electrons. The molecule has 1 aromatic heterocycles. The molecule has 1 aromatic carbocycles. The van der Waals surface area contributed by atoms with Crippen LogP contribution in [0.4, 0.5) is 0 Å².